The zero-order valence-corrected chi connectivity index (χ0v) is 25.7. The van der Waals surface area contributed by atoms with Gasteiger partial charge in [-0.2, -0.15) is 0 Å². The van der Waals surface area contributed by atoms with Crippen molar-refractivity contribution in [2.75, 3.05) is 13.2 Å². The van der Waals surface area contributed by atoms with Crippen LogP contribution in [-0.2, 0) is 0 Å². The quantitative estimate of drug-likeness (QED) is 0.0652. The summed E-state index contributed by atoms with van der Waals surface area (Å²) in [6, 6.07) is 13.8. The van der Waals surface area contributed by atoms with E-state index in [0.29, 0.717) is 28.9 Å². The van der Waals surface area contributed by atoms with Gasteiger partial charge in [0.15, 0.2) is 5.75 Å². The zero-order valence-electron chi connectivity index (χ0n) is 25.7. The zero-order chi connectivity index (χ0) is 30.2. The molecule has 42 heavy (non-hydrogen) atoms. The van der Waals surface area contributed by atoms with E-state index in [0.717, 1.165) is 31.3 Å². The molecule has 6 heteroatoms. The predicted molar refractivity (Wildman–Crippen MR) is 170 cm³/mol. The van der Waals surface area contributed by atoms with Crippen molar-refractivity contribution in [3.63, 3.8) is 0 Å². The van der Waals surface area contributed by atoms with Crippen molar-refractivity contribution in [3.8, 4) is 17.2 Å². The Morgan fingerprint density at radius 1 is 0.810 bits per heavy atom. The fraction of sp³-hybridized carbons (Fsp3) is 0.444. The van der Waals surface area contributed by atoms with Gasteiger partial charge in [0.05, 0.1) is 12.2 Å². The molecule has 0 N–H and O–H groups in total. The first-order valence-electron chi connectivity index (χ1n) is 15.3. The largest absolute Gasteiger partial charge is 0.493 e. The minimum absolute atomic E-state index is 0.144. The predicted octanol–water partition coefficient (Wildman–Crippen LogP) is 9.60. The molecular formula is C36H46O6. The first-order chi connectivity index (χ1) is 20.4. The number of carbonyl (C=O) groups is 1. The molecule has 0 atom stereocenters. The molecule has 0 aliphatic rings. The molecule has 0 spiro atoms. The average Bonchev–Trinajstić information content (AvgIpc) is 2.97. The third-order valence-corrected chi connectivity index (χ3v) is 7.02. The van der Waals surface area contributed by atoms with Gasteiger partial charge in [0.2, 0.25) is 0 Å². The Bertz CT molecular complexity index is 1380. The maximum Gasteiger partial charge on any atom is 0.383 e. The SMILES string of the molecule is CCCCCCCCCCOc1cccc2oc(=O)c(OC(=O)c3ccccc3)c(OCC=C(C)CCC=C(C)C)c12. The maximum atomic E-state index is 13.1. The van der Waals surface area contributed by atoms with Gasteiger partial charge in [0, 0.05) is 0 Å². The van der Waals surface area contributed by atoms with Crippen LogP contribution in [0.1, 0.15) is 102 Å². The molecule has 0 saturated heterocycles. The lowest BCUT2D eigenvalue weighted by Gasteiger charge is -2.15. The van der Waals surface area contributed by atoms with E-state index in [1.807, 2.05) is 19.1 Å². The van der Waals surface area contributed by atoms with Crippen LogP contribution in [0.3, 0.4) is 0 Å². The van der Waals surface area contributed by atoms with E-state index in [1.165, 1.54) is 44.1 Å². The van der Waals surface area contributed by atoms with Crippen LogP contribution in [-0.4, -0.2) is 19.2 Å². The second-order valence-electron chi connectivity index (χ2n) is 10.9. The Hall–Kier alpha value is -3.80. The van der Waals surface area contributed by atoms with Gasteiger partial charge in [-0.25, -0.2) is 9.59 Å². The molecule has 226 valence electrons. The van der Waals surface area contributed by atoms with E-state index in [-0.39, 0.29) is 18.1 Å². The summed E-state index contributed by atoms with van der Waals surface area (Å²) in [7, 11) is 0. The number of hydrogen-bond donors (Lipinski definition) is 0. The van der Waals surface area contributed by atoms with Crippen molar-refractivity contribution in [2.24, 2.45) is 0 Å². The molecule has 1 heterocycles. The lowest BCUT2D eigenvalue weighted by Crippen LogP contribution is -2.16. The third kappa shape index (κ3) is 10.6. The molecule has 0 unspecified atom stereocenters. The van der Waals surface area contributed by atoms with Gasteiger partial charge >= 0.3 is 11.6 Å². The van der Waals surface area contributed by atoms with Crippen LogP contribution >= 0.6 is 0 Å². The van der Waals surface area contributed by atoms with Crippen molar-refractivity contribution in [1.82, 2.24) is 0 Å². The van der Waals surface area contributed by atoms with Gasteiger partial charge in [-0.05, 0) is 70.4 Å². The summed E-state index contributed by atoms with van der Waals surface area (Å²) >= 11 is 0. The lowest BCUT2D eigenvalue weighted by atomic mass is 10.1. The lowest BCUT2D eigenvalue weighted by molar-refractivity contribution is 0.0722. The highest BCUT2D eigenvalue weighted by molar-refractivity contribution is 5.95. The smallest absolute Gasteiger partial charge is 0.383 e. The van der Waals surface area contributed by atoms with Crippen LogP contribution in [0.15, 0.2) is 81.0 Å². The molecule has 0 fully saturated rings. The number of rotatable bonds is 18. The number of ether oxygens (including phenoxy) is 3. The summed E-state index contributed by atoms with van der Waals surface area (Å²) in [6.45, 7) is 9.17. The van der Waals surface area contributed by atoms with Gasteiger partial charge in [-0.3, -0.25) is 0 Å². The molecule has 0 amide bonds. The van der Waals surface area contributed by atoms with E-state index < -0.39 is 11.6 Å². The monoisotopic (exact) mass is 574 g/mol. The summed E-state index contributed by atoms with van der Waals surface area (Å²) in [5.74, 6) is -0.283. The fourth-order valence-electron chi connectivity index (χ4n) is 4.62. The van der Waals surface area contributed by atoms with Crippen LogP contribution < -0.4 is 19.8 Å². The Kier molecular flexibility index (Phi) is 13.9. The standard InChI is InChI=1S/C36H46O6/c1-5-6-7-8-9-10-11-15-25-39-30-22-17-23-31-32(30)33(40-26-24-28(4)19-16-18-27(2)3)34(36(38)41-31)42-35(37)29-20-13-12-14-21-29/h12-14,17-18,20-24H,5-11,15-16,19,25-26H2,1-4H3. The topological polar surface area (TPSA) is 75.0 Å². The van der Waals surface area contributed by atoms with Crippen molar-refractivity contribution in [1.29, 1.82) is 0 Å². The molecule has 2 aromatic carbocycles. The van der Waals surface area contributed by atoms with Gasteiger partial charge in [0.1, 0.15) is 23.3 Å². The summed E-state index contributed by atoms with van der Waals surface area (Å²) in [6.07, 6.45) is 15.6. The molecule has 0 radical (unpaired) electrons. The minimum Gasteiger partial charge on any atom is -0.493 e. The molecule has 0 saturated carbocycles. The second kappa shape index (κ2) is 17.9. The molecular weight excluding hydrogens is 528 g/mol. The van der Waals surface area contributed by atoms with E-state index in [4.69, 9.17) is 18.6 Å². The van der Waals surface area contributed by atoms with E-state index in [2.05, 4.69) is 26.8 Å². The average molecular weight is 575 g/mol. The highest BCUT2D eigenvalue weighted by Gasteiger charge is 2.24. The number of benzene rings is 2. The molecule has 3 aromatic rings. The summed E-state index contributed by atoms with van der Waals surface area (Å²) in [5, 5.41) is 0.475. The first-order valence-corrected chi connectivity index (χ1v) is 15.3. The third-order valence-electron chi connectivity index (χ3n) is 7.02. The number of fused-ring (bicyclic) bond motifs is 1. The van der Waals surface area contributed by atoms with Crippen molar-refractivity contribution in [3.05, 3.63) is 87.8 Å². The Morgan fingerprint density at radius 2 is 1.52 bits per heavy atom. The Labute approximate surface area is 250 Å². The number of hydrogen-bond acceptors (Lipinski definition) is 6. The van der Waals surface area contributed by atoms with Crippen molar-refractivity contribution in [2.45, 2.75) is 91.9 Å². The Balaban J connectivity index is 1.83. The normalized spacial score (nSPS) is 11.4. The van der Waals surface area contributed by atoms with Gasteiger partial charge < -0.3 is 18.6 Å². The number of unbranched alkanes of at least 4 members (excludes halogenated alkanes) is 7. The fourth-order valence-corrected chi connectivity index (χ4v) is 4.62. The Morgan fingerprint density at radius 3 is 2.24 bits per heavy atom. The van der Waals surface area contributed by atoms with Crippen LogP contribution in [0, 0.1) is 0 Å². The minimum atomic E-state index is -0.786. The highest BCUT2D eigenvalue weighted by atomic mass is 16.6. The number of allylic oxidation sites excluding steroid dienone is 3. The summed E-state index contributed by atoms with van der Waals surface area (Å²) < 4.78 is 23.6. The van der Waals surface area contributed by atoms with Crippen molar-refractivity contribution >= 4 is 16.9 Å². The first kappa shape index (κ1) is 32.7. The molecule has 0 bridgehead atoms. The van der Waals surface area contributed by atoms with Gasteiger partial charge in [-0.15, -0.1) is 0 Å². The highest BCUT2D eigenvalue weighted by Crippen LogP contribution is 2.39. The van der Waals surface area contributed by atoms with Crippen LogP contribution in [0.25, 0.3) is 11.0 Å². The van der Waals surface area contributed by atoms with Crippen LogP contribution in [0.2, 0.25) is 0 Å². The van der Waals surface area contributed by atoms with Gasteiger partial charge in [-0.1, -0.05) is 93.4 Å². The van der Waals surface area contributed by atoms with Crippen LogP contribution in [0.4, 0.5) is 0 Å². The van der Waals surface area contributed by atoms with E-state index in [1.54, 1.807) is 42.5 Å². The molecule has 0 aliphatic carbocycles. The van der Waals surface area contributed by atoms with E-state index in [9.17, 15) is 9.59 Å². The van der Waals surface area contributed by atoms with Crippen LogP contribution in [0.5, 0.6) is 17.2 Å². The van der Waals surface area contributed by atoms with E-state index >= 15 is 0 Å². The molecule has 0 aliphatic heterocycles. The number of esters is 1. The molecule has 6 nitrogen and oxygen atoms in total. The number of carbonyl (C=O) groups excluding carboxylic acids is 1. The molecule has 1 aromatic heterocycles. The maximum absolute atomic E-state index is 13.1. The summed E-state index contributed by atoms with van der Waals surface area (Å²) in [5.41, 5.74) is 2.29. The second-order valence-corrected chi connectivity index (χ2v) is 10.9. The molecule has 3 rings (SSSR count). The summed E-state index contributed by atoms with van der Waals surface area (Å²) in [4.78, 5) is 26.0. The van der Waals surface area contributed by atoms with Gasteiger partial charge in [0.25, 0.3) is 5.75 Å². The van der Waals surface area contributed by atoms with Crippen molar-refractivity contribution < 1.29 is 23.4 Å².